The van der Waals surface area contributed by atoms with Gasteiger partial charge < -0.3 is 4.90 Å². The molecule has 3 rings (SSSR count). The van der Waals surface area contributed by atoms with Crippen molar-refractivity contribution in [2.24, 2.45) is 0 Å². The minimum Gasteiger partial charge on any atom is -0.327 e. The summed E-state index contributed by atoms with van der Waals surface area (Å²) < 4.78 is 1.84. The molecule has 1 saturated heterocycles. The zero-order chi connectivity index (χ0) is 15.7. The molecular weight excluding hydrogens is 316 g/mol. The van der Waals surface area contributed by atoms with E-state index < -0.39 is 0 Å². The molecule has 0 saturated carbocycles. The van der Waals surface area contributed by atoms with Crippen LogP contribution < -0.4 is 0 Å². The van der Waals surface area contributed by atoms with Crippen LogP contribution in [0, 0.1) is 0 Å². The average molecular weight is 336 g/mol. The Bertz CT molecular complexity index is 645. The monoisotopic (exact) mass is 336 g/mol. The molecule has 0 radical (unpaired) electrons. The van der Waals surface area contributed by atoms with Crippen molar-refractivity contribution in [3.8, 4) is 0 Å². The number of nitrogens with zero attached hydrogens (tertiary/aromatic N) is 4. The Labute approximate surface area is 138 Å². The SMILES string of the molecule is CC(C)(C)n1cc(C(=O)N2CCSC[C@H]2c2nccs2)cn1. The fraction of sp³-hybridized carbons (Fsp3) is 0.533. The quantitative estimate of drug-likeness (QED) is 0.846. The highest BCUT2D eigenvalue weighted by atomic mass is 32.2. The molecule has 2 aromatic rings. The minimum atomic E-state index is -0.120. The first-order valence-electron chi connectivity index (χ1n) is 7.30. The number of rotatable bonds is 2. The summed E-state index contributed by atoms with van der Waals surface area (Å²) in [6, 6.07) is 0.0734. The van der Waals surface area contributed by atoms with E-state index >= 15 is 0 Å². The van der Waals surface area contributed by atoms with Gasteiger partial charge in [0.15, 0.2) is 0 Å². The summed E-state index contributed by atoms with van der Waals surface area (Å²) in [6.45, 7) is 6.98. The summed E-state index contributed by atoms with van der Waals surface area (Å²) >= 11 is 3.50. The van der Waals surface area contributed by atoms with Crippen molar-refractivity contribution in [2.75, 3.05) is 18.1 Å². The number of hydrogen-bond acceptors (Lipinski definition) is 5. The van der Waals surface area contributed by atoms with Crippen LogP contribution in [0.5, 0.6) is 0 Å². The fourth-order valence-electron chi connectivity index (χ4n) is 2.42. The van der Waals surface area contributed by atoms with Gasteiger partial charge in [0.1, 0.15) is 5.01 Å². The lowest BCUT2D eigenvalue weighted by molar-refractivity contribution is 0.0701. The smallest absolute Gasteiger partial charge is 0.257 e. The van der Waals surface area contributed by atoms with E-state index in [1.807, 2.05) is 32.9 Å². The van der Waals surface area contributed by atoms with Crippen molar-refractivity contribution in [1.29, 1.82) is 0 Å². The van der Waals surface area contributed by atoms with Crippen LogP contribution in [-0.4, -0.2) is 43.6 Å². The van der Waals surface area contributed by atoms with Gasteiger partial charge >= 0.3 is 0 Å². The Morgan fingerprint density at radius 2 is 2.23 bits per heavy atom. The number of aromatic nitrogens is 3. The Kier molecular flexibility index (Phi) is 4.27. The average Bonchev–Trinajstić information content (AvgIpc) is 3.17. The summed E-state index contributed by atoms with van der Waals surface area (Å²) in [5, 5.41) is 7.33. The van der Waals surface area contributed by atoms with Gasteiger partial charge in [0.2, 0.25) is 0 Å². The third-order valence-electron chi connectivity index (χ3n) is 3.64. The second kappa shape index (κ2) is 6.04. The Morgan fingerprint density at radius 3 is 2.86 bits per heavy atom. The molecule has 2 aromatic heterocycles. The molecule has 0 aromatic carbocycles. The first-order valence-corrected chi connectivity index (χ1v) is 9.33. The highest BCUT2D eigenvalue weighted by Gasteiger charge is 2.31. The molecule has 1 amide bonds. The number of thioether (sulfide) groups is 1. The molecule has 5 nitrogen and oxygen atoms in total. The molecule has 22 heavy (non-hydrogen) atoms. The van der Waals surface area contributed by atoms with Crippen molar-refractivity contribution in [3.63, 3.8) is 0 Å². The first-order chi connectivity index (χ1) is 10.5. The van der Waals surface area contributed by atoms with Gasteiger partial charge in [-0.1, -0.05) is 0 Å². The molecule has 0 bridgehead atoms. The van der Waals surface area contributed by atoms with Crippen LogP contribution in [0.15, 0.2) is 24.0 Å². The summed E-state index contributed by atoms with van der Waals surface area (Å²) in [7, 11) is 0. The minimum absolute atomic E-state index is 0.0519. The van der Waals surface area contributed by atoms with Gasteiger partial charge in [-0.15, -0.1) is 11.3 Å². The van der Waals surface area contributed by atoms with E-state index in [1.54, 1.807) is 23.7 Å². The summed E-state index contributed by atoms with van der Waals surface area (Å²) in [4.78, 5) is 19.2. The van der Waals surface area contributed by atoms with E-state index in [2.05, 4.69) is 30.9 Å². The number of thiazole rings is 1. The number of amides is 1. The van der Waals surface area contributed by atoms with Gasteiger partial charge in [0.05, 0.1) is 23.3 Å². The normalized spacial score (nSPS) is 19.4. The maximum absolute atomic E-state index is 12.9. The lowest BCUT2D eigenvalue weighted by atomic mass is 10.1. The number of carbonyl (C=O) groups excluding carboxylic acids is 1. The molecule has 0 spiro atoms. The second-order valence-corrected chi connectivity index (χ2v) is 8.38. The molecule has 3 heterocycles. The zero-order valence-electron chi connectivity index (χ0n) is 13.0. The van der Waals surface area contributed by atoms with Crippen LogP contribution in [0.1, 0.15) is 42.2 Å². The van der Waals surface area contributed by atoms with Crippen LogP contribution in [0.3, 0.4) is 0 Å². The fourth-order valence-corrected chi connectivity index (χ4v) is 4.33. The van der Waals surface area contributed by atoms with Gasteiger partial charge in [-0.05, 0) is 20.8 Å². The molecule has 118 valence electrons. The molecule has 1 aliphatic rings. The maximum Gasteiger partial charge on any atom is 0.257 e. The van der Waals surface area contributed by atoms with Gasteiger partial charge in [0, 0.05) is 35.8 Å². The molecule has 0 unspecified atom stereocenters. The van der Waals surface area contributed by atoms with Crippen molar-refractivity contribution >= 4 is 29.0 Å². The number of carbonyl (C=O) groups is 1. The van der Waals surface area contributed by atoms with E-state index in [0.717, 1.165) is 23.1 Å². The second-order valence-electron chi connectivity index (χ2n) is 6.30. The van der Waals surface area contributed by atoms with Gasteiger partial charge in [-0.2, -0.15) is 16.9 Å². The van der Waals surface area contributed by atoms with Crippen molar-refractivity contribution < 1.29 is 4.79 Å². The van der Waals surface area contributed by atoms with Gasteiger partial charge in [0.25, 0.3) is 5.91 Å². The molecular formula is C15H20N4OS2. The maximum atomic E-state index is 12.9. The highest BCUT2D eigenvalue weighted by Crippen LogP contribution is 2.32. The van der Waals surface area contributed by atoms with Crippen LogP contribution in [0.25, 0.3) is 0 Å². The lowest BCUT2D eigenvalue weighted by Gasteiger charge is -2.34. The number of hydrogen-bond donors (Lipinski definition) is 0. The predicted octanol–water partition coefficient (Wildman–Crippen LogP) is 3.02. The van der Waals surface area contributed by atoms with E-state index in [4.69, 9.17) is 0 Å². The van der Waals surface area contributed by atoms with Crippen molar-refractivity contribution in [1.82, 2.24) is 19.7 Å². The Balaban J connectivity index is 1.84. The van der Waals surface area contributed by atoms with E-state index in [0.29, 0.717) is 5.56 Å². The zero-order valence-corrected chi connectivity index (χ0v) is 14.7. The largest absolute Gasteiger partial charge is 0.327 e. The topological polar surface area (TPSA) is 51.0 Å². The first kappa shape index (κ1) is 15.6. The molecule has 1 atom stereocenters. The highest BCUT2D eigenvalue weighted by molar-refractivity contribution is 7.99. The molecule has 7 heteroatoms. The summed E-state index contributed by atoms with van der Waals surface area (Å²) in [5.74, 6) is 1.93. The lowest BCUT2D eigenvalue weighted by Crippen LogP contribution is -2.40. The Hall–Kier alpha value is -1.34. The van der Waals surface area contributed by atoms with E-state index in [9.17, 15) is 4.79 Å². The van der Waals surface area contributed by atoms with Crippen LogP contribution in [0.2, 0.25) is 0 Å². The summed E-state index contributed by atoms with van der Waals surface area (Å²) in [5.41, 5.74) is 0.536. The van der Waals surface area contributed by atoms with Crippen LogP contribution in [0.4, 0.5) is 0 Å². The van der Waals surface area contributed by atoms with E-state index in [-0.39, 0.29) is 17.5 Å². The standard InChI is InChI=1S/C15H20N4OS2/c1-15(2,3)19-9-11(8-17-19)14(20)18-5-7-21-10-12(18)13-16-4-6-22-13/h4,6,8-9,12H,5,7,10H2,1-3H3/t12-/m0/s1. The molecule has 1 aliphatic heterocycles. The van der Waals surface area contributed by atoms with E-state index in [1.165, 1.54) is 0 Å². The third kappa shape index (κ3) is 3.05. The Morgan fingerprint density at radius 1 is 1.41 bits per heavy atom. The van der Waals surface area contributed by atoms with Crippen LogP contribution in [-0.2, 0) is 5.54 Å². The third-order valence-corrected chi connectivity index (χ3v) is 5.54. The molecule has 1 fully saturated rings. The molecule has 0 N–H and O–H groups in total. The van der Waals surface area contributed by atoms with Gasteiger partial charge in [-0.25, -0.2) is 4.98 Å². The van der Waals surface area contributed by atoms with Gasteiger partial charge in [-0.3, -0.25) is 9.48 Å². The molecule has 0 aliphatic carbocycles. The van der Waals surface area contributed by atoms with Crippen molar-refractivity contribution in [3.05, 3.63) is 34.5 Å². The van der Waals surface area contributed by atoms with Crippen molar-refractivity contribution in [2.45, 2.75) is 32.4 Å². The summed E-state index contributed by atoms with van der Waals surface area (Å²) in [6.07, 6.45) is 5.33. The van der Waals surface area contributed by atoms with Crippen LogP contribution >= 0.6 is 23.1 Å². The predicted molar refractivity (Wildman–Crippen MR) is 90.4 cm³/mol.